The highest BCUT2D eigenvalue weighted by molar-refractivity contribution is 5.95. The Morgan fingerprint density at radius 2 is 2.33 bits per heavy atom. The number of aromatic nitrogens is 1. The molecule has 2 amide bonds. The minimum atomic E-state index is -0.655. The number of pyridine rings is 1. The minimum Gasteiger partial charge on any atom is -0.368 e. The minimum absolute atomic E-state index is 0.0412. The standard InChI is InChI=1S/C14H19FN4O2/c1-3-16-13-12(15)10(6-7-17-13)14(21)18-9-4-5-11(20)19(2)8-9/h6-7,9H,3-5,8H2,1-2H3,(H,16,17)(H,18,21). The van der Waals surface area contributed by atoms with Crippen LogP contribution < -0.4 is 10.6 Å². The van der Waals surface area contributed by atoms with Gasteiger partial charge < -0.3 is 15.5 Å². The van der Waals surface area contributed by atoms with Crippen LogP contribution in [-0.4, -0.2) is 47.9 Å². The topological polar surface area (TPSA) is 74.3 Å². The zero-order chi connectivity index (χ0) is 15.4. The van der Waals surface area contributed by atoms with E-state index in [-0.39, 0.29) is 23.3 Å². The maximum absolute atomic E-state index is 14.2. The lowest BCUT2D eigenvalue weighted by atomic mass is 10.1. The number of nitrogens with zero attached hydrogens (tertiary/aromatic N) is 2. The molecule has 1 fully saturated rings. The number of hydrogen-bond acceptors (Lipinski definition) is 4. The van der Waals surface area contributed by atoms with Crippen molar-refractivity contribution in [3.63, 3.8) is 0 Å². The van der Waals surface area contributed by atoms with E-state index in [1.165, 1.54) is 12.3 Å². The van der Waals surface area contributed by atoms with Gasteiger partial charge in [0, 0.05) is 38.8 Å². The van der Waals surface area contributed by atoms with Crippen LogP contribution in [0.3, 0.4) is 0 Å². The summed E-state index contributed by atoms with van der Waals surface area (Å²) in [7, 11) is 1.69. The summed E-state index contributed by atoms with van der Waals surface area (Å²) >= 11 is 0. The van der Waals surface area contributed by atoms with Gasteiger partial charge in [0.15, 0.2) is 11.6 Å². The predicted octanol–water partition coefficient (Wildman–Crippen LogP) is 1.00. The van der Waals surface area contributed by atoms with Crippen molar-refractivity contribution in [2.45, 2.75) is 25.8 Å². The molecule has 6 nitrogen and oxygen atoms in total. The molecule has 2 rings (SSSR count). The lowest BCUT2D eigenvalue weighted by Crippen LogP contribution is -2.48. The summed E-state index contributed by atoms with van der Waals surface area (Å²) in [6.45, 7) is 2.78. The Morgan fingerprint density at radius 1 is 1.57 bits per heavy atom. The molecule has 1 aromatic rings. The van der Waals surface area contributed by atoms with Crippen LogP contribution in [0.4, 0.5) is 10.2 Å². The van der Waals surface area contributed by atoms with Crippen LogP contribution in [0.5, 0.6) is 0 Å². The number of anilines is 1. The molecule has 21 heavy (non-hydrogen) atoms. The summed E-state index contributed by atoms with van der Waals surface area (Å²) < 4.78 is 14.2. The van der Waals surface area contributed by atoms with Crippen molar-refractivity contribution < 1.29 is 14.0 Å². The highest BCUT2D eigenvalue weighted by Gasteiger charge is 2.25. The second-order valence-corrected chi connectivity index (χ2v) is 5.03. The van der Waals surface area contributed by atoms with E-state index in [2.05, 4.69) is 15.6 Å². The van der Waals surface area contributed by atoms with Crippen LogP contribution in [-0.2, 0) is 4.79 Å². The molecular weight excluding hydrogens is 275 g/mol. The fourth-order valence-electron chi connectivity index (χ4n) is 2.30. The molecule has 0 saturated carbocycles. The lowest BCUT2D eigenvalue weighted by Gasteiger charge is -2.30. The SMILES string of the molecule is CCNc1nccc(C(=O)NC2CCC(=O)N(C)C2)c1F. The quantitative estimate of drug-likeness (QED) is 0.869. The second-order valence-electron chi connectivity index (χ2n) is 5.03. The normalized spacial score (nSPS) is 18.5. The highest BCUT2D eigenvalue weighted by Crippen LogP contribution is 2.16. The Balaban J connectivity index is 2.07. The smallest absolute Gasteiger partial charge is 0.254 e. The maximum Gasteiger partial charge on any atom is 0.254 e. The maximum atomic E-state index is 14.2. The number of piperidine rings is 1. The van der Waals surface area contributed by atoms with Gasteiger partial charge in [-0.3, -0.25) is 9.59 Å². The monoisotopic (exact) mass is 294 g/mol. The predicted molar refractivity (Wildman–Crippen MR) is 76.5 cm³/mol. The Labute approximate surface area is 122 Å². The summed E-state index contributed by atoms with van der Waals surface area (Å²) in [6, 6.07) is 1.19. The molecule has 1 atom stereocenters. The van der Waals surface area contributed by atoms with Crippen LogP contribution in [0.2, 0.25) is 0 Å². The third kappa shape index (κ3) is 3.48. The molecule has 2 N–H and O–H groups in total. The first-order chi connectivity index (χ1) is 10.0. The first-order valence-electron chi connectivity index (χ1n) is 6.96. The van der Waals surface area contributed by atoms with Crippen LogP contribution in [0, 0.1) is 5.82 Å². The molecule has 0 bridgehead atoms. The first-order valence-corrected chi connectivity index (χ1v) is 6.96. The van der Waals surface area contributed by atoms with Gasteiger partial charge in [-0.1, -0.05) is 0 Å². The van der Waals surface area contributed by atoms with Gasteiger partial charge in [-0.15, -0.1) is 0 Å². The van der Waals surface area contributed by atoms with E-state index >= 15 is 0 Å². The Morgan fingerprint density at radius 3 is 3.00 bits per heavy atom. The van der Waals surface area contributed by atoms with Gasteiger partial charge in [0.1, 0.15) is 0 Å². The zero-order valence-corrected chi connectivity index (χ0v) is 12.1. The molecular formula is C14H19FN4O2. The molecule has 0 aliphatic carbocycles. The van der Waals surface area contributed by atoms with Gasteiger partial charge in [0.25, 0.3) is 5.91 Å². The van der Waals surface area contributed by atoms with Crippen LogP contribution in [0.15, 0.2) is 12.3 Å². The summed E-state index contributed by atoms with van der Waals surface area (Å²) in [4.78, 5) is 29.0. The third-order valence-electron chi connectivity index (χ3n) is 3.44. The third-order valence-corrected chi connectivity index (χ3v) is 3.44. The van der Waals surface area contributed by atoms with E-state index in [4.69, 9.17) is 0 Å². The van der Waals surface area contributed by atoms with E-state index in [9.17, 15) is 14.0 Å². The summed E-state index contributed by atoms with van der Waals surface area (Å²) in [6.07, 6.45) is 2.36. The van der Waals surface area contributed by atoms with Gasteiger partial charge in [-0.25, -0.2) is 9.37 Å². The van der Waals surface area contributed by atoms with Crippen molar-refractivity contribution in [2.24, 2.45) is 0 Å². The van der Waals surface area contributed by atoms with Crippen molar-refractivity contribution in [2.75, 3.05) is 25.5 Å². The second kappa shape index (κ2) is 6.51. The van der Waals surface area contributed by atoms with E-state index in [0.29, 0.717) is 25.9 Å². The number of carbonyl (C=O) groups excluding carboxylic acids is 2. The molecule has 1 aliphatic heterocycles. The average Bonchev–Trinajstić information content (AvgIpc) is 2.45. The van der Waals surface area contributed by atoms with E-state index in [0.717, 1.165) is 0 Å². The van der Waals surface area contributed by atoms with Crippen molar-refractivity contribution in [1.29, 1.82) is 0 Å². The van der Waals surface area contributed by atoms with Gasteiger partial charge in [-0.2, -0.15) is 0 Å². The highest BCUT2D eigenvalue weighted by atomic mass is 19.1. The molecule has 0 spiro atoms. The van der Waals surface area contributed by atoms with Crippen LogP contribution >= 0.6 is 0 Å². The molecule has 1 aromatic heterocycles. The van der Waals surface area contributed by atoms with E-state index < -0.39 is 11.7 Å². The lowest BCUT2D eigenvalue weighted by molar-refractivity contribution is -0.132. The van der Waals surface area contributed by atoms with Crippen molar-refractivity contribution in [3.8, 4) is 0 Å². The number of likely N-dealkylation sites (tertiary alicyclic amines) is 1. The number of carbonyl (C=O) groups is 2. The van der Waals surface area contributed by atoms with Gasteiger partial charge in [0.05, 0.1) is 5.56 Å². The Hall–Kier alpha value is -2.18. The van der Waals surface area contributed by atoms with E-state index in [1.807, 2.05) is 6.92 Å². The molecule has 2 heterocycles. The number of rotatable bonds is 4. The number of likely N-dealkylation sites (N-methyl/N-ethyl adjacent to an activating group) is 1. The van der Waals surface area contributed by atoms with Crippen LogP contribution in [0.1, 0.15) is 30.1 Å². The number of hydrogen-bond donors (Lipinski definition) is 2. The largest absolute Gasteiger partial charge is 0.368 e. The van der Waals surface area contributed by atoms with Crippen molar-refractivity contribution in [1.82, 2.24) is 15.2 Å². The molecule has 1 aliphatic rings. The Kier molecular flexibility index (Phi) is 4.72. The fraction of sp³-hybridized carbons (Fsp3) is 0.500. The summed E-state index contributed by atoms with van der Waals surface area (Å²) in [5, 5.41) is 5.54. The van der Waals surface area contributed by atoms with Gasteiger partial charge in [0.2, 0.25) is 5.91 Å². The average molecular weight is 294 g/mol. The van der Waals surface area contributed by atoms with Gasteiger partial charge in [-0.05, 0) is 19.4 Å². The van der Waals surface area contributed by atoms with Crippen molar-refractivity contribution >= 4 is 17.6 Å². The Bertz CT molecular complexity index is 550. The summed E-state index contributed by atoms with van der Waals surface area (Å²) in [5.74, 6) is -1.01. The number of nitrogens with one attached hydrogen (secondary N) is 2. The van der Waals surface area contributed by atoms with E-state index in [1.54, 1.807) is 11.9 Å². The molecule has 1 saturated heterocycles. The van der Waals surface area contributed by atoms with Crippen LogP contribution in [0.25, 0.3) is 0 Å². The molecule has 0 radical (unpaired) electrons. The molecule has 1 unspecified atom stereocenters. The fourth-order valence-corrected chi connectivity index (χ4v) is 2.30. The first kappa shape index (κ1) is 15.2. The summed E-state index contributed by atoms with van der Waals surface area (Å²) in [5.41, 5.74) is -0.0412. The number of amides is 2. The molecule has 7 heteroatoms. The zero-order valence-electron chi connectivity index (χ0n) is 12.1. The van der Waals surface area contributed by atoms with Gasteiger partial charge >= 0.3 is 0 Å². The molecule has 0 aromatic carbocycles. The van der Waals surface area contributed by atoms with Crippen molar-refractivity contribution in [3.05, 3.63) is 23.6 Å². The molecule has 114 valence electrons. The number of halogens is 1.